The zero-order chi connectivity index (χ0) is 11.5. The van der Waals surface area contributed by atoms with Crippen LogP contribution in [0.25, 0.3) is 11.0 Å². The van der Waals surface area contributed by atoms with E-state index < -0.39 is 0 Å². The predicted molar refractivity (Wildman–Crippen MR) is 63.0 cm³/mol. The van der Waals surface area contributed by atoms with Gasteiger partial charge in [0.15, 0.2) is 11.4 Å². The molecule has 2 aromatic rings. The molecule has 1 aromatic heterocycles. The molecule has 0 unspecified atom stereocenters. The summed E-state index contributed by atoms with van der Waals surface area (Å²) in [4.78, 5) is 0. The molecule has 0 aliphatic carbocycles. The number of benzene rings is 1. The van der Waals surface area contributed by atoms with E-state index >= 15 is 0 Å². The average molecular weight is 221 g/mol. The van der Waals surface area contributed by atoms with Crippen LogP contribution in [-0.4, -0.2) is 12.6 Å². The highest BCUT2D eigenvalue weighted by molar-refractivity contribution is 5.78. The summed E-state index contributed by atoms with van der Waals surface area (Å²) in [6, 6.07) is 7.34. The smallest absolute Gasteiger partial charge is 0.169 e. The quantitative estimate of drug-likeness (QED) is 0.858. The number of hydrogen-bond donors (Lipinski definition) is 1. The first-order valence-corrected chi connectivity index (χ1v) is 5.57. The summed E-state index contributed by atoms with van der Waals surface area (Å²) in [5, 5.41) is 4.13. The van der Waals surface area contributed by atoms with Crippen LogP contribution in [0.3, 0.4) is 0 Å². The Balaban J connectivity index is 2.11. The Bertz CT molecular complexity index is 476. The molecule has 0 atom stereocenters. The van der Waals surface area contributed by atoms with Crippen molar-refractivity contribution in [3.05, 3.63) is 35.8 Å². The highest BCUT2D eigenvalue weighted by Crippen LogP contribution is 2.22. The molecule has 86 valence electrons. The van der Waals surface area contributed by atoms with Crippen molar-refractivity contribution in [3.8, 4) is 0 Å². The van der Waals surface area contributed by atoms with Gasteiger partial charge in [-0.25, -0.2) is 4.39 Å². The zero-order valence-electron chi connectivity index (χ0n) is 9.59. The number of hydrogen-bond acceptors (Lipinski definition) is 2. The molecule has 2 rings (SSSR count). The maximum atomic E-state index is 13.3. The summed E-state index contributed by atoms with van der Waals surface area (Å²) < 4.78 is 18.8. The van der Waals surface area contributed by atoms with Crippen molar-refractivity contribution in [2.24, 2.45) is 0 Å². The molecular formula is C13H16FNO. The highest BCUT2D eigenvalue weighted by Gasteiger charge is 2.07. The van der Waals surface area contributed by atoms with Crippen LogP contribution in [0.5, 0.6) is 0 Å². The minimum Gasteiger partial charge on any atom is -0.458 e. The summed E-state index contributed by atoms with van der Waals surface area (Å²) in [6.07, 6.45) is 0.784. The van der Waals surface area contributed by atoms with Crippen molar-refractivity contribution in [2.45, 2.75) is 26.3 Å². The maximum absolute atomic E-state index is 13.3. The minimum absolute atomic E-state index is 0.291. The standard InChI is InChI=1S/C13H16FNO/c1-9(2)15-7-6-11-8-10-4-3-5-12(14)13(10)16-11/h3-5,8-9,15H,6-7H2,1-2H3. The van der Waals surface area contributed by atoms with Crippen molar-refractivity contribution < 1.29 is 8.81 Å². The SMILES string of the molecule is CC(C)NCCc1cc2cccc(F)c2o1. The molecule has 3 heteroatoms. The molecule has 1 heterocycles. The van der Waals surface area contributed by atoms with Crippen molar-refractivity contribution >= 4 is 11.0 Å². The molecule has 2 nitrogen and oxygen atoms in total. The molecule has 0 bridgehead atoms. The predicted octanol–water partition coefficient (Wildman–Crippen LogP) is 3.11. The van der Waals surface area contributed by atoms with Gasteiger partial charge in [0.25, 0.3) is 0 Å². The summed E-state index contributed by atoms with van der Waals surface area (Å²) in [7, 11) is 0. The van der Waals surface area contributed by atoms with Crippen LogP contribution >= 0.6 is 0 Å². The Morgan fingerprint density at radius 1 is 1.38 bits per heavy atom. The lowest BCUT2D eigenvalue weighted by atomic mass is 10.2. The highest BCUT2D eigenvalue weighted by atomic mass is 19.1. The van der Waals surface area contributed by atoms with Gasteiger partial charge in [-0.05, 0) is 12.1 Å². The fourth-order valence-corrected chi connectivity index (χ4v) is 1.69. The molecule has 16 heavy (non-hydrogen) atoms. The van der Waals surface area contributed by atoms with E-state index in [2.05, 4.69) is 19.2 Å². The van der Waals surface area contributed by atoms with Crippen molar-refractivity contribution in [3.63, 3.8) is 0 Å². The molecular weight excluding hydrogens is 205 g/mol. The van der Waals surface area contributed by atoms with E-state index in [-0.39, 0.29) is 5.82 Å². The Labute approximate surface area is 94.4 Å². The van der Waals surface area contributed by atoms with Crippen molar-refractivity contribution in [2.75, 3.05) is 6.54 Å². The third kappa shape index (κ3) is 2.42. The zero-order valence-corrected chi connectivity index (χ0v) is 9.59. The molecule has 0 saturated carbocycles. The fourth-order valence-electron chi connectivity index (χ4n) is 1.69. The Morgan fingerprint density at radius 2 is 2.19 bits per heavy atom. The monoisotopic (exact) mass is 221 g/mol. The first-order valence-electron chi connectivity index (χ1n) is 5.57. The van der Waals surface area contributed by atoms with Gasteiger partial charge < -0.3 is 9.73 Å². The summed E-state index contributed by atoms with van der Waals surface area (Å²) in [5.41, 5.74) is 0.363. The summed E-state index contributed by atoms with van der Waals surface area (Å²) >= 11 is 0. The van der Waals surface area contributed by atoms with Gasteiger partial charge in [-0.2, -0.15) is 0 Å². The van der Waals surface area contributed by atoms with Crippen LogP contribution in [-0.2, 0) is 6.42 Å². The largest absolute Gasteiger partial charge is 0.458 e. The van der Waals surface area contributed by atoms with Gasteiger partial charge >= 0.3 is 0 Å². The molecule has 0 aliphatic heterocycles. The van der Waals surface area contributed by atoms with Crippen LogP contribution < -0.4 is 5.32 Å². The number of halogens is 1. The maximum Gasteiger partial charge on any atom is 0.169 e. The summed E-state index contributed by atoms with van der Waals surface area (Å²) in [5.74, 6) is 0.536. The van der Waals surface area contributed by atoms with Gasteiger partial charge in [0.1, 0.15) is 5.76 Å². The number of nitrogens with one attached hydrogen (secondary N) is 1. The lowest BCUT2D eigenvalue weighted by Crippen LogP contribution is -2.24. The van der Waals surface area contributed by atoms with Crippen LogP contribution in [0.4, 0.5) is 4.39 Å². The first kappa shape index (κ1) is 11.1. The van der Waals surface area contributed by atoms with Gasteiger partial charge in [-0.1, -0.05) is 26.0 Å². The van der Waals surface area contributed by atoms with E-state index in [4.69, 9.17) is 4.42 Å². The van der Waals surface area contributed by atoms with E-state index in [0.717, 1.165) is 24.1 Å². The van der Waals surface area contributed by atoms with Gasteiger partial charge in [-0.3, -0.25) is 0 Å². The van der Waals surface area contributed by atoms with Crippen molar-refractivity contribution in [1.82, 2.24) is 5.32 Å². The minimum atomic E-state index is -0.291. The third-order valence-electron chi connectivity index (χ3n) is 2.47. The molecule has 0 spiro atoms. The second-order valence-corrected chi connectivity index (χ2v) is 4.23. The van der Waals surface area contributed by atoms with Crippen LogP contribution in [0.2, 0.25) is 0 Å². The Kier molecular flexibility index (Phi) is 3.25. The molecule has 0 aliphatic rings. The molecule has 1 N–H and O–H groups in total. The second kappa shape index (κ2) is 4.66. The molecule has 1 aromatic carbocycles. The second-order valence-electron chi connectivity index (χ2n) is 4.23. The third-order valence-corrected chi connectivity index (χ3v) is 2.47. The Hall–Kier alpha value is -1.35. The number of furan rings is 1. The Morgan fingerprint density at radius 3 is 2.88 bits per heavy atom. The lowest BCUT2D eigenvalue weighted by Gasteiger charge is -2.05. The number of rotatable bonds is 4. The normalized spacial score (nSPS) is 11.5. The average Bonchev–Trinajstić information content (AvgIpc) is 2.61. The lowest BCUT2D eigenvalue weighted by molar-refractivity contribution is 0.499. The van der Waals surface area contributed by atoms with Crippen LogP contribution in [0.15, 0.2) is 28.7 Å². The van der Waals surface area contributed by atoms with E-state index in [1.807, 2.05) is 12.1 Å². The van der Waals surface area contributed by atoms with Crippen LogP contribution in [0, 0.1) is 5.82 Å². The molecule has 0 fully saturated rings. The molecule has 0 radical (unpaired) electrons. The number of fused-ring (bicyclic) bond motifs is 1. The van der Waals surface area contributed by atoms with E-state index in [1.165, 1.54) is 6.07 Å². The van der Waals surface area contributed by atoms with Crippen LogP contribution in [0.1, 0.15) is 19.6 Å². The summed E-state index contributed by atoms with van der Waals surface area (Å²) in [6.45, 7) is 5.04. The van der Waals surface area contributed by atoms with Gasteiger partial charge in [0.2, 0.25) is 0 Å². The molecule has 0 amide bonds. The van der Waals surface area contributed by atoms with E-state index in [9.17, 15) is 4.39 Å². The van der Waals surface area contributed by atoms with Crippen molar-refractivity contribution in [1.29, 1.82) is 0 Å². The number of para-hydroxylation sites is 1. The van der Waals surface area contributed by atoms with Gasteiger partial charge in [0.05, 0.1) is 0 Å². The molecule has 0 saturated heterocycles. The van der Waals surface area contributed by atoms with Gasteiger partial charge in [0, 0.05) is 24.4 Å². The van der Waals surface area contributed by atoms with Gasteiger partial charge in [-0.15, -0.1) is 0 Å². The first-order chi connectivity index (χ1) is 7.66. The fraction of sp³-hybridized carbons (Fsp3) is 0.385. The van der Waals surface area contributed by atoms with E-state index in [1.54, 1.807) is 6.07 Å². The topological polar surface area (TPSA) is 25.2 Å². The van der Waals surface area contributed by atoms with E-state index in [0.29, 0.717) is 11.6 Å².